The Morgan fingerprint density at radius 1 is 1.16 bits per heavy atom. The maximum absolute atomic E-state index is 12.7. The minimum Gasteiger partial charge on any atom is -0.371 e. The third kappa shape index (κ3) is 5.45. The molecule has 25 heavy (non-hydrogen) atoms. The van der Waals surface area contributed by atoms with Crippen LogP contribution in [0.5, 0.6) is 0 Å². The molecule has 0 heterocycles. The summed E-state index contributed by atoms with van der Waals surface area (Å²) in [4.78, 5) is 0.128. The number of nitrogens with zero attached hydrogens (tertiary/aromatic N) is 1. The molecule has 0 fully saturated rings. The monoisotopic (exact) mass is 380 g/mol. The lowest BCUT2D eigenvalue weighted by atomic mass is 10.1. The van der Waals surface area contributed by atoms with E-state index < -0.39 is 16.1 Å². The molecule has 0 radical (unpaired) electrons. The summed E-state index contributed by atoms with van der Waals surface area (Å²) in [6.07, 6.45) is 0.413. The van der Waals surface area contributed by atoms with Crippen molar-refractivity contribution in [3.8, 4) is 0 Å². The minimum atomic E-state index is -3.75. The van der Waals surface area contributed by atoms with Gasteiger partial charge in [-0.1, -0.05) is 41.9 Å². The van der Waals surface area contributed by atoms with Crippen molar-refractivity contribution in [1.82, 2.24) is 10.0 Å². The summed E-state index contributed by atoms with van der Waals surface area (Å²) in [5.74, 6) is 5.84. The van der Waals surface area contributed by atoms with E-state index >= 15 is 0 Å². The van der Waals surface area contributed by atoms with Crippen LogP contribution in [0.4, 0.5) is 0 Å². The van der Waals surface area contributed by atoms with Crippen molar-refractivity contribution in [2.24, 2.45) is 10.9 Å². The van der Waals surface area contributed by atoms with Gasteiger partial charge in [-0.15, -0.1) is 0 Å². The molecule has 0 spiro atoms. The number of sulfonamides is 1. The van der Waals surface area contributed by atoms with Crippen LogP contribution >= 0.6 is 11.6 Å². The van der Waals surface area contributed by atoms with Crippen molar-refractivity contribution < 1.29 is 8.42 Å². The van der Waals surface area contributed by atoms with Crippen LogP contribution in [-0.2, 0) is 16.4 Å². The highest BCUT2D eigenvalue weighted by Gasteiger charge is 2.24. The molecular weight excluding hydrogens is 360 g/mol. The Morgan fingerprint density at radius 2 is 1.80 bits per heavy atom. The first-order chi connectivity index (χ1) is 12.0. The van der Waals surface area contributed by atoms with Crippen LogP contribution in [0.2, 0.25) is 5.02 Å². The first-order valence-electron chi connectivity index (χ1n) is 7.79. The Labute approximate surface area is 153 Å². The van der Waals surface area contributed by atoms with Gasteiger partial charge < -0.3 is 11.2 Å². The van der Waals surface area contributed by atoms with Gasteiger partial charge in [-0.2, -0.15) is 5.10 Å². The molecule has 1 atom stereocenters. The zero-order valence-corrected chi connectivity index (χ0v) is 15.4. The predicted octanol–water partition coefficient (Wildman–Crippen LogP) is 2.11. The molecule has 0 saturated heterocycles. The molecule has 4 N–H and O–H groups in total. The first kappa shape index (κ1) is 19.2. The number of amidine groups is 1. The molecule has 1 unspecified atom stereocenters. The van der Waals surface area contributed by atoms with Crippen molar-refractivity contribution in [3.63, 3.8) is 0 Å². The molecule has 0 aliphatic heterocycles. The van der Waals surface area contributed by atoms with Gasteiger partial charge in [0.15, 0.2) is 0 Å². The zero-order valence-electron chi connectivity index (χ0n) is 13.8. The van der Waals surface area contributed by atoms with Crippen LogP contribution in [0.1, 0.15) is 12.5 Å². The highest BCUT2D eigenvalue weighted by molar-refractivity contribution is 7.89. The number of benzene rings is 2. The van der Waals surface area contributed by atoms with E-state index in [1.807, 2.05) is 37.3 Å². The van der Waals surface area contributed by atoms with Crippen molar-refractivity contribution in [2.45, 2.75) is 24.3 Å². The maximum atomic E-state index is 12.7. The van der Waals surface area contributed by atoms with Gasteiger partial charge in [0.2, 0.25) is 10.0 Å². The van der Waals surface area contributed by atoms with E-state index in [2.05, 4.69) is 15.1 Å². The Bertz CT molecular complexity index is 808. The van der Waals surface area contributed by atoms with E-state index in [9.17, 15) is 8.42 Å². The zero-order chi connectivity index (χ0) is 18.3. The first-order valence-corrected chi connectivity index (χ1v) is 9.66. The van der Waals surface area contributed by atoms with E-state index in [0.29, 0.717) is 23.8 Å². The van der Waals surface area contributed by atoms with E-state index in [4.69, 9.17) is 17.4 Å². The van der Waals surface area contributed by atoms with Crippen LogP contribution in [0.3, 0.4) is 0 Å². The van der Waals surface area contributed by atoms with E-state index in [1.165, 1.54) is 24.3 Å². The number of rotatable bonds is 7. The molecule has 2 rings (SSSR count). The van der Waals surface area contributed by atoms with Gasteiger partial charge in [-0.3, -0.25) is 0 Å². The summed E-state index contributed by atoms with van der Waals surface area (Å²) in [5.41, 5.74) is 0.963. The molecule has 0 aliphatic carbocycles. The SMILES string of the molecule is CCN/C(=N\N)C(Cc1ccccc1)NS(=O)(=O)c1ccc(Cl)cc1. The van der Waals surface area contributed by atoms with Gasteiger partial charge >= 0.3 is 0 Å². The number of nitrogens with one attached hydrogen (secondary N) is 2. The van der Waals surface area contributed by atoms with E-state index in [1.54, 1.807) is 0 Å². The summed E-state index contributed by atoms with van der Waals surface area (Å²) in [7, 11) is -3.75. The van der Waals surface area contributed by atoms with Crippen molar-refractivity contribution in [3.05, 3.63) is 65.2 Å². The second-order valence-corrected chi connectivity index (χ2v) is 7.51. The minimum absolute atomic E-state index is 0.128. The molecule has 6 nitrogen and oxygen atoms in total. The van der Waals surface area contributed by atoms with Gasteiger partial charge in [0.05, 0.1) is 10.9 Å². The van der Waals surface area contributed by atoms with Gasteiger partial charge in [0, 0.05) is 11.6 Å². The molecule has 134 valence electrons. The van der Waals surface area contributed by atoms with Crippen LogP contribution in [-0.4, -0.2) is 26.8 Å². The summed E-state index contributed by atoms with van der Waals surface area (Å²) in [6.45, 7) is 2.46. The van der Waals surface area contributed by atoms with Gasteiger partial charge in [-0.05, 0) is 43.2 Å². The van der Waals surface area contributed by atoms with Crippen molar-refractivity contribution in [2.75, 3.05) is 6.54 Å². The van der Waals surface area contributed by atoms with Gasteiger partial charge in [-0.25, -0.2) is 13.1 Å². The molecule has 0 amide bonds. The largest absolute Gasteiger partial charge is 0.371 e. The highest BCUT2D eigenvalue weighted by Crippen LogP contribution is 2.15. The fourth-order valence-corrected chi connectivity index (χ4v) is 3.68. The van der Waals surface area contributed by atoms with Crippen LogP contribution in [0.25, 0.3) is 0 Å². The maximum Gasteiger partial charge on any atom is 0.241 e. The summed E-state index contributed by atoms with van der Waals surface area (Å²) in [6, 6.07) is 14.9. The van der Waals surface area contributed by atoms with Crippen molar-refractivity contribution >= 4 is 27.5 Å². The molecule has 0 aromatic heterocycles. The molecular formula is C17H21ClN4O2S. The Kier molecular flexibility index (Phi) is 6.81. The number of hydrazone groups is 1. The Morgan fingerprint density at radius 3 is 2.36 bits per heavy atom. The lowest BCUT2D eigenvalue weighted by Crippen LogP contribution is -2.48. The second-order valence-electron chi connectivity index (χ2n) is 5.36. The molecule has 2 aromatic rings. The third-order valence-corrected chi connectivity index (χ3v) is 5.27. The molecule has 0 saturated carbocycles. The Hall–Kier alpha value is -2.09. The highest BCUT2D eigenvalue weighted by atomic mass is 35.5. The standard InChI is InChI=1S/C17H21ClN4O2S/c1-2-20-17(21-19)16(12-13-6-4-3-5-7-13)22-25(23,24)15-10-8-14(18)9-11-15/h3-11,16,22H,2,12,19H2,1H3,(H,20,21). The lowest BCUT2D eigenvalue weighted by Gasteiger charge is -2.21. The van der Waals surface area contributed by atoms with E-state index in [0.717, 1.165) is 5.56 Å². The van der Waals surface area contributed by atoms with Crippen LogP contribution in [0, 0.1) is 0 Å². The average molecular weight is 381 g/mol. The molecule has 0 aliphatic rings. The molecule has 8 heteroatoms. The number of likely N-dealkylation sites (N-methyl/N-ethyl adjacent to an activating group) is 1. The van der Waals surface area contributed by atoms with Crippen molar-refractivity contribution in [1.29, 1.82) is 0 Å². The fourth-order valence-electron chi connectivity index (χ4n) is 2.35. The fraction of sp³-hybridized carbons (Fsp3) is 0.235. The third-order valence-electron chi connectivity index (χ3n) is 3.53. The quantitative estimate of drug-likeness (QED) is 0.296. The lowest BCUT2D eigenvalue weighted by molar-refractivity contribution is 0.571. The average Bonchev–Trinajstić information content (AvgIpc) is 2.60. The second kappa shape index (κ2) is 8.84. The number of hydrogen-bond donors (Lipinski definition) is 3. The summed E-state index contributed by atoms with van der Waals surface area (Å²) in [5, 5.41) is 7.21. The summed E-state index contributed by atoms with van der Waals surface area (Å²) >= 11 is 5.83. The number of nitrogens with two attached hydrogens (primary N) is 1. The molecule has 0 bridgehead atoms. The van der Waals surface area contributed by atoms with Crippen LogP contribution < -0.4 is 15.9 Å². The Balaban J connectivity index is 2.29. The van der Waals surface area contributed by atoms with Gasteiger partial charge in [0.25, 0.3) is 0 Å². The topological polar surface area (TPSA) is 96.6 Å². The predicted molar refractivity (Wildman–Crippen MR) is 101 cm³/mol. The smallest absolute Gasteiger partial charge is 0.241 e. The number of hydrogen-bond acceptors (Lipinski definition) is 4. The van der Waals surface area contributed by atoms with E-state index in [-0.39, 0.29) is 4.90 Å². The normalized spacial score (nSPS) is 13.4. The number of halogens is 1. The summed E-state index contributed by atoms with van der Waals surface area (Å²) < 4.78 is 28.1. The van der Waals surface area contributed by atoms with Crippen LogP contribution in [0.15, 0.2) is 64.6 Å². The van der Waals surface area contributed by atoms with Gasteiger partial charge in [0.1, 0.15) is 5.84 Å². The molecule has 2 aromatic carbocycles.